The van der Waals surface area contributed by atoms with Gasteiger partial charge >= 0.3 is 0 Å². The topological polar surface area (TPSA) is 94.5 Å². The van der Waals surface area contributed by atoms with E-state index in [2.05, 4.69) is 6.92 Å². The van der Waals surface area contributed by atoms with Crippen molar-refractivity contribution in [3.05, 3.63) is 0 Å². The van der Waals surface area contributed by atoms with E-state index in [1.807, 2.05) is 0 Å². The molecule has 3 aliphatic rings. The van der Waals surface area contributed by atoms with Crippen LogP contribution in [0.25, 0.3) is 0 Å². The molecule has 3 saturated carbocycles. The first-order chi connectivity index (χ1) is 10.5. The normalized spacial score (nSPS) is 42.9. The lowest BCUT2D eigenvalue weighted by molar-refractivity contribution is 0.00679. The lowest BCUT2D eigenvalue weighted by Gasteiger charge is -2.43. The quantitative estimate of drug-likeness (QED) is 0.680. The molecule has 0 aromatic heterocycles. The second kappa shape index (κ2) is 12.2. The van der Waals surface area contributed by atoms with Gasteiger partial charge < -0.3 is 16.4 Å². The average molecular weight is 387 g/mol. The maximum absolute atomic E-state index is 14.7. The minimum absolute atomic E-state index is 0. The molecule has 6 atom stereocenters. The Kier molecular flexibility index (Phi) is 13.1. The molecule has 0 radical (unpaired) electrons. The summed E-state index contributed by atoms with van der Waals surface area (Å²) in [5.74, 6) is 1.31. The highest BCUT2D eigenvalue weighted by molar-refractivity contribution is 4.92. The average Bonchev–Trinajstić information content (AvgIpc) is 2.48. The van der Waals surface area contributed by atoms with Crippen molar-refractivity contribution in [3.63, 3.8) is 0 Å². The maximum atomic E-state index is 14.7. The molecule has 0 aromatic rings. The standard InChI is InChI=1S/C19H31F3.CH4.3H2O/c1-12-2-8-17(18(21)10-12)14-5-9-16(19(22)11-14)13-3-6-15(20)7-4-13;;;;/h12-19H,2-11H2,1H3;1H4;3*1H2. The molecular weight excluding hydrogens is 345 g/mol. The number of alkyl halides is 3. The van der Waals surface area contributed by atoms with Crippen LogP contribution in [0.3, 0.4) is 0 Å². The van der Waals surface area contributed by atoms with E-state index in [1.54, 1.807) is 0 Å². The number of halogens is 3. The van der Waals surface area contributed by atoms with Crippen molar-refractivity contribution in [1.82, 2.24) is 0 Å². The van der Waals surface area contributed by atoms with E-state index in [-0.39, 0.29) is 41.6 Å². The molecule has 3 aliphatic carbocycles. The molecule has 3 nitrogen and oxygen atoms in total. The Morgan fingerprint density at radius 3 is 1.58 bits per heavy atom. The second-order valence-corrected chi connectivity index (χ2v) is 8.36. The van der Waals surface area contributed by atoms with Crippen LogP contribution in [0, 0.1) is 29.6 Å². The molecule has 0 aliphatic heterocycles. The van der Waals surface area contributed by atoms with Crippen LogP contribution < -0.4 is 0 Å². The van der Waals surface area contributed by atoms with Crippen LogP contribution in [0.15, 0.2) is 0 Å². The van der Waals surface area contributed by atoms with Gasteiger partial charge in [0, 0.05) is 0 Å². The highest BCUT2D eigenvalue weighted by atomic mass is 19.1. The number of hydrogen-bond acceptors (Lipinski definition) is 0. The summed E-state index contributed by atoms with van der Waals surface area (Å²) < 4.78 is 42.3. The Balaban J connectivity index is 0. The minimum Gasteiger partial charge on any atom is -0.412 e. The summed E-state index contributed by atoms with van der Waals surface area (Å²) in [6.45, 7) is 2.12. The van der Waals surface area contributed by atoms with Gasteiger partial charge in [-0.3, -0.25) is 0 Å². The molecule has 0 spiro atoms. The van der Waals surface area contributed by atoms with E-state index in [1.165, 1.54) is 0 Å². The van der Waals surface area contributed by atoms with E-state index >= 15 is 0 Å². The third kappa shape index (κ3) is 6.38. The summed E-state index contributed by atoms with van der Waals surface area (Å²) >= 11 is 0. The second-order valence-electron chi connectivity index (χ2n) is 8.36. The summed E-state index contributed by atoms with van der Waals surface area (Å²) in [4.78, 5) is 0. The zero-order valence-corrected chi connectivity index (χ0v) is 15.3. The summed E-state index contributed by atoms with van der Waals surface area (Å²) in [5, 5.41) is 0. The predicted octanol–water partition coefficient (Wildman–Crippen LogP) is 4.21. The van der Waals surface area contributed by atoms with E-state index < -0.39 is 18.5 Å². The fourth-order valence-corrected chi connectivity index (χ4v) is 5.46. The number of hydrogen-bond donors (Lipinski definition) is 0. The van der Waals surface area contributed by atoms with Crippen molar-refractivity contribution < 1.29 is 29.6 Å². The zero-order valence-electron chi connectivity index (χ0n) is 15.3. The summed E-state index contributed by atoms with van der Waals surface area (Å²) in [5.41, 5.74) is 0. The zero-order chi connectivity index (χ0) is 15.7. The summed E-state index contributed by atoms with van der Waals surface area (Å²) in [6, 6.07) is 0. The molecule has 3 rings (SSSR count). The minimum atomic E-state index is -0.786. The molecule has 160 valence electrons. The van der Waals surface area contributed by atoms with Crippen LogP contribution in [0.5, 0.6) is 0 Å². The van der Waals surface area contributed by atoms with Gasteiger partial charge in [-0.2, -0.15) is 0 Å². The van der Waals surface area contributed by atoms with Crippen LogP contribution in [-0.2, 0) is 0 Å². The molecular formula is C20H41F3O3. The largest absolute Gasteiger partial charge is 0.412 e. The Labute approximate surface area is 157 Å². The Bertz CT molecular complexity index is 364. The van der Waals surface area contributed by atoms with Crippen molar-refractivity contribution in [1.29, 1.82) is 0 Å². The third-order valence-electron chi connectivity index (χ3n) is 6.86. The van der Waals surface area contributed by atoms with Gasteiger partial charge in [0.2, 0.25) is 0 Å². The van der Waals surface area contributed by atoms with Gasteiger partial charge in [-0.25, -0.2) is 13.2 Å². The SMILES string of the molecule is C.CC1CCC(C2CCC(C3CCC(F)CC3)C(F)C2)C(F)C1.O.O.O. The predicted molar refractivity (Wildman–Crippen MR) is 102 cm³/mol. The molecule has 0 aromatic carbocycles. The molecule has 6 unspecified atom stereocenters. The smallest absolute Gasteiger partial charge is 0.103 e. The Hall–Kier alpha value is -0.330. The lowest BCUT2D eigenvalue weighted by Crippen LogP contribution is -2.39. The monoisotopic (exact) mass is 386 g/mol. The summed E-state index contributed by atoms with van der Waals surface area (Å²) in [7, 11) is 0. The van der Waals surface area contributed by atoms with Crippen molar-refractivity contribution in [2.24, 2.45) is 29.6 Å². The number of rotatable bonds is 2. The van der Waals surface area contributed by atoms with Crippen molar-refractivity contribution >= 4 is 0 Å². The Morgan fingerprint density at radius 1 is 0.577 bits per heavy atom. The van der Waals surface area contributed by atoms with Gasteiger partial charge in [0.05, 0.1) is 0 Å². The molecule has 0 amide bonds. The van der Waals surface area contributed by atoms with Gasteiger partial charge in [0.15, 0.2) is 0 Å². The third-order valence-corrected chi connectivity index (χ3v) is 6.86. The van der Waals surface area contributed by atoms with Crippen LogP contribution in [0.1, 0.15) is 78.6 Å². The van der Waals surface area contributed by atoms with E-state index in [9.17, 15) is 13.2 Å². The first-order valence-electron chi connectivity index (χ1n) is 9.46. The first-order valence-corrected chi connectivity index (χ1v) is 9.46. The molecule has 6 heteroatoms. The van der Waals surface area contributed by atoms with Crippen molar-refractivity contribution in [3.8, 4) is 0 Å². The van der Waals surface area contributed by atoms with Gasteiger partial charge in [-0.05, 0) is 87.4 Å². The van der Waals surface area contributed by atoms with Gasteiger partial charge in [-0.15, -0.1) is 0 Å². The van der Waals surface area contributed by atoms with E-state index in [0.717, 1.165) is 38.5 Å². The van der Waals surface area contributed by atoms with E-state index in [0.29, 0.717) is 37.5 Å². The first kappa shape index (κ1) is 27.9. The van der Waals surface area contributed by atoms with Crippen LogP contribution in [-0.4, -0.2) is 34.9 Å². The fourth-order valence-electron chi connectivity index (χ4n) is 5.46. The van der Waals surface area contributed by atoms with Gasteiger partial charge in [0.25, 0.3) is 0 Å². The van der Waals surface area contributed by atoms with E-state index in [4.69, 9.17) is 0 Å². The fraction of sp³-hybridized carbons (Fsp3) is 1.00. The van der Waals surface area contributed by atoms with Crippen LogP contribution >= 0.6 is 0 Å². The van der Waals surface area contributed by atoms with Crippen molar-refractivity contribution in [2.75, 3.05) is 0 Å². The molecule has 0 heterocycles. The van der Waals surface area contributed by atoms with Crippen LogP contribution in [0.4, 0.5) is 13.2 Å². The lowest BCUT2D eigenvalue weighted by atomic mass is 9.64. The molecule has 0 saturated heterocycles. The molecule has 6 N–H and O–H groups in total. The van der Waals surface area contributed by atoms with Gasteiger partial charge in [0.1, 0.15) is 18.5 Å². The molecule has 3 fully saturated rings. The molecule has 0 bridgehead atoms. The summed E-state index contributed by atoms with van der Waals surface area (Å²) in [6.07, 6.45) is 5.91. The Morgan fingerprint density at radius 2 is 1.04 bits per heavy atom. The highest BCUT2D eigenvalue weighted by Gasteiger charge is 2.42. The highest BCUT2D eigenvalue weighted by Crippen LogP contribution is 2.47. The maximum Gasteiger partial charge on any atom is 0.103 e. The van der Waals surface area contributed by atoms with Gasteiger partial charge in [-0.1, -0.05) is 20.8 Å². The molecule has 26 heavy (non-hydrogen) atoms. The van der Waals surface area contributed by atoms with Crippen molar-refractivity contribution in [2.45, 2.75) is 97.1 Å². The van der Waals surface area contributed by atoms with Crippen LogP contribution in [0.2, 0.25) is 0 Å².